The van der Waals surface area contributed by atoms with Gasteiger partial charge in [0.25, 0.3) is 0 Å². The Morgan fingerprint density at radius 1 is 1.04 bits per heavy atom. The summed E-state index contributed by atoms with van der Waals surface area (Å²) < 4.78 is 1.86. The smallest absolute Gasteiger partial charge is 0.191 e. The minimum atomic E-state index is 0.769. The molecule has 0 unspecified atom stereocenters. The third-order valence-electron chi connectivity index (χ3n) is 4.34. The van der Waals surface area contributed by atoms with Crippen molar-refractivity contribution < 1.29 is 0 Å². The molecular weight excluding hydrogens is 322 g/mol. The third kappa shape index (κ3) is 4.72. The number of hydrogen-bond acceptors (Lipinski definition) is 2. The van der Waals surface area contributed by atoms with E-state index in [-0.39, 0.29) is 0 Å². The van der Waals surface area contributed by atoms with Crippen LogP contribution in [0.15, 0.2) is 72.0 Å². The molecule has 0 bridgehead atoms. The molecule has 0 saturated heterocycles. The second-order valence-electron chi connectivity index (χ2n) is 6.15. The van der Waals surface area contributed by atoms with Gasteiger partial charge in [-0.05, 0) is 48.2 Å². The van der Waals surface area contributed by atoms with Crippen molar-refractivity contribution in [3.8, 4) is 5.69 Å². The first-order chi connectivity index (χ1) is 12.8. The Hall–Kier alpha value is -3.08. The molecule has 26 heavy (non-hydrogen) atoms. The van der Waals surface area contributed by atoms with Crippen LogP contribution in [-0.2, 0) is 13.0 Å². The van der Waals surface area contributed by atoms with E-state index in [2.05, 4.69) is 76.2 Å². The highest BCUT2D eigenvalue weighted by molar-refractivity contribution is 5.79. The van der Waals surface area contributed by atoms with Crippen LogP contribution >= 0.6 is 0 Å². The van der Waals surface area contributed by atoms with Crippen LogP contribution in [-0.4, -0.2) is 29.3 Å². The predicted molar refractivity (Wildman–Crippen MR) is 107 cm³/mol. The molecule has 0 aliphatic heterocycles. The summed E-state index contributed by atoms with van der Waals surface area (Å²) in [7, 11) is 1.80. The van der Waals surface area contributed by atoms with Crippen molar-refractivity contribution in [3.05, 3.63) is 83.7 Å². The zero-order valence-electron chi connectivity index (χ0n) is 15.3. The first-order valence-corrected chi connectivity index (χ1v) is 8.84. The molecule has 0 aliphatic rings. The van der Waals surface area contributed by atoms with Crippen LogP contribution in [0.2, 0.25) is 0 Å². The first kappa shape index (κ1) is 17.7. The summed E-state index contributed by atoms with van der Waals surface area (Å²) in [6, 6.07) is 18.8. The van der Waals surface area contributed by atoms with E-state index < -0.39 is 0 Å². The average molecular weight is 347 g/mol. The van der Waals surface area contributed by atoms with E-state index in [1.54, 1.807) is 13.2 Å². The zero-order chi connectivity index (χ0) is 18.2. The number of rotatable bonds is 6. The molecule has 0 aliphatic carbocycles. The van der Waals surface area contributed by atoms with Crippen LogP contribution in [0, 0.1) is 6.92 Å². The van der Waals surface area contributed by atoms with Crippen molar-refractivity contribution in [2.45, 2.75) is 19.9 Å². The maximum Gasteiger partial charge on any atom is 0.191 e. The second-order valence-corrected chi connectivity index (χ2v) is 6.15. The van der Waals surface area contributed by atoms with E-state index in [1.165, 1.54) is 16.7 Å². The van der Waals surface area contributed by atoms with Gasteiger partial charge in [0.05, 0.1) is 5.69 Å². The number of nitrogens with zero attached hydrogens (tertiary/aromatic N) is 3. The van der Waals surface area contributed by atoms with Gasteiger partial charge in [-0.3, -0.25) is 4.99 Å². The second kappa shape index (κ2) is 8.85. The topological polar surface area (TPSA) is 54.2 Å². The highest BCUT2D eigenvalue weighted by Gasteiger charge is 2.01. The molecule has 134 valence electrons. The summed E-state index contributed by atoms with van der Waals surface area (Å²) in [5.41, 5.74) is 4.92. The molecule has 3 aromatic rings. The fourth-order valence-electron chi connectivity index (χ4n) is 2.77. The fraction of sp³-hybridized carbons (Fsp3) is 0.238. The van der Waals surface area contributed by atoms with Gasteiger partial charge in [0.2, 0.25) is 0 Å². The highest BCUT2D eigenvalue weighted by Crippen LogP contribution is 2.09. The third-order valence-corrected chi connectivity index (χ3v) is 4.34. The summed E-state index contributed by atoms with van der Waals surface area (Å²) in [5, 5.41) is 11.0. The van der Waals surface area contributed by atoms with Crippen molar-refractivity contribution >= 4 is 5.96 Å². The van der Waals surface area contributed by atoms with Gasteiger partial charge in [0.15, 0.2) is 5.96 Å². The lowest BCUT2D eigenvalue weighted by Crippen LogP contribution is -2.38. The normalized spacial score (nSPS) is 11.4. The van der Waals surface area contributed by atoms with Gasteiger partial charge in [-0.2, -0.15) is 5.10 Å². The fourth-order valence-corrected chi connectivity index (χ4v) is 2.77. The van der Waals surface area contributed by atoms with Gasteiger partial charge in [0.1, 0.15) is 0 Å². The lowest BCUT2D eigenvalue weighted by molar-refractivity contribution is 0.792. The SMILES string of the molecule is CN=C(NCCc1ccc(-n2cccn2)cc1)NCc1ccccc1C. The van der Waals surface area contributed by atoms with Crippen molar-refractivity contribution in [3.63, 3.8) is 0 Å². The first-order valence-electron chi connectivity index (χ1n) is 8.84. The summed E-state index contributed by atoms with van der Waals surface area (Å²) in [6.45, 7) is 3.72. The van der Waals surface area contributed by atoms with Crippen LogP contribution in [0.25, 0.3) is 5.69 Å². The maximum atomic E-state index is 4.29. The molecule has 5 nitrogen and oxygen atoms in total. The Morgan fingerprint density at radius 2 is 1.85 bits per heavy atom. The molecule has 2 aromatic carbocycles. The molecule has 2 N–H and O–H groups in total. The maximum absolute atomic E-state index is 4.29. The Balaban J connectivity index is 1.46. The number of aliphatic imine (C=N–C) groups is 1. The molecule has 0 amide bonds. The van der Waals surface area contributed by atoms with E-state index in [0.717, 1.165) is 31.2 Å². The molecule has 0 atom stereocenters. The molecule has 0 spiro atoms. The van der Waals surface area contributed by atoms with Gasteiger partial charge in [0, 0.05) is 32.5 Å². The monoisotopic (exact) mass is 347 g/mol. The molecule has 5 heteroatoms. The Labute approximate surface area is 154 Å². The minimum Gasteiger partial charge on any atom is -0.356 e. The summed E-state index contributed by atoms with van der Waals surface area (Å²) in [5.74, 6) is 0.821. The summed E-state index contributed by atoms with van der Waals surface area (Å²) in [4.78, 5) is 4.29. The van der Waals surface area contributed by atoms with Crippen LogP contribution in [0.5, 0.6) is 0 Å². The lowest BCUT2D eigenvalue weighted by Gasteiger charge is -2.13. The molecule has 3 rings (SSSR count). The Kier molecular flexibility index (Phi) is 6.04. The van der Waals surface area contributed by atoms with Gasteiger partial charge in [-0.15, -0.1) is 0 Å². The quantitative estimate of drug-likeness (QED) is 0.532. The van der Waals surface area contributed by atoms with Crippen LogP contribution in [0.3, 0.4) is 0 Å². The van der Waals surface area contributed by atoms with Crippen molar-refractivity contribution in [1.29, 1.82) is 0 Å². The van der Waals surface area contributed by atoms with Crippen molar-refractivity contribution in [2.24, 2.45) is 4.99 Å². The predicted octanol–water partition coefficient (Wildman–Crippen LogP) is 3.09. The Morgan fingerprint density at radius 3 is 2.54 bits per heavy atom. The van der Waals surface area contributed by atoms with Gasteiger partial charge < -0.3 is 10.6 Å². The van der Waals surface area contributed by atoms with Crippen LogP contribution in [0.1, 0.15) is 16.7 Å². The van der Waals surface area contributed by atoms with E-state index in [4.69, 9.17) is 0 Å². The minimum absolute atomic E-state index is 0.769. The van der Waals surface area contributed by atoms with Crippen molar-refractivity contribution in [1.82, 2.24) is 20.4 Å². The van der Waals surface area contributed by atoms with Gasteiger partial charge in [-0.1, -0.05) is 36.4 Å². The number of benzene rings is 2. The number of aryl methyl sites for hydroxylation is 1. The number of hydrogen-bond donors (Lipinski definition) is 2. The molecule has 1 aromatic heterocycles. The number of guanidine groups is 1. The van der Waals surface area contributed by atoms with E-state index in [1.807, 2.05) is 16.9 Å². The standard InChI is InChI=1S/C21H25N5/c1-17-6-3-4-7-19(17)16-24-21(22-2)23-14-12-18-8-10-20(11-9-18)26-15-5-13-25-26/h3-11,13,15H,12,14,16H2,1-2H3,(H2,22,23,24). The van der Waals surface area contributed by atoms with Gasteiger partial charge >= 0.3 is 0 Å². The Bertz CT molecular complexity index is 835. The molecule has 0 radical (unpaired) electrons. The van der Waals surface area contributed by atoms with Crippen LogP contribution < -0.4 is 10.6 Å². The largest absolute Gasteiger partial charge is 0.356 e. The highest BCUT2D eigenvalue weighted by atomic mass is 15.3. The van der Waals surface area contributed by atoms with Gasteiger partial charge in [-0.25, -0.2) is 4.68 Å². The molecule has 0 fully saturated rings. The molecular formula is C21H25N5. The number of aromatic nitrogens is 2. The number of nitrogens with one attached hydrogen (secondary N) is 2. The van der Waals surface area contributed by atoms with E-state index >= 15 is 0 Å². The zero-order valence-corrected chi connectivity index (χ0v) is 15.3. The van der Waals surface area contributed by atoms with Crippen LogP contribution in [0.4, 0.5) is 0 Å². The van der Waals surface area contributed by atoms with Crippen molar-refractivity contribution in [2.75, 3.05) is 13.6 Å². The summed E-state index contributed by atoms with van der Waals surface area (Å²) >= 11 is 0. The lowest BCUT2D eigenvalue weighted by atomic mass is 10.1. The van der Waals surface area contributed by atoms with E-state index in [9.17, 15) is 0 Å². The molecule has 0 saturated carbocycles. The summed E-state index contributed by atoms with van der Waals surface area (Å²) in [6.07, 6.45) is 4.67. The van der Waals surface area contributed by atoms with E-state index in [0.29, 0.717) is 0 Å². The average Bonchev–Trinajstić information content (AvgIpc) is 3.21. The molecule has 1 heterocycles.